The molecule has 0 aromatic rings. The Kier molecular flexibility index (Phi) is 4.20. The van der Waals surface area contributed by atoms with Crippen LogP contribution in [0.3, 0.4) is 0 Å². The van der Waals surface area contributed by atoms with Gasteiger partial charge < -0.3 is 15.4 Å². The Morgan fingerprint density at radius 3 is 2.86 bits per heavy atom. The zero-order chi connectivity index (χ0) is 10.6. The average Bonchev–Trinajstić information content (AvgIpc) is 2.51. The van der Waals surface area contributed by atoms with Crippen molar-refractivity contribution in [2.24, 2.45) is 11.7 Å². The fourth-order valence-electron chi connectivity index (χ4n) is 1.43. The second-order valence-electron chi connectivity index (χ2n) is 4.29. The molecule has 1 aliphatic heterocycles. The molecule has 1 rings (SSSR count). The quantitative estimate of drug-likeness (QED) is 0.744. The number of hydrogen-bond acceptors (Lipinski definition) is 3. The summed E-state index contributed by atoms with van der Waals surface area (Å²) in [5.74, 6) is 0.573. The topological polar surface area (TPSA) is 55.6 Å². The molecule has 0 aromatic carbocycles. The van der Waals surface area contributed by atoms with E-state index in [-0.39, 0.29) is 12.1 Å². The molecular weight excluding hydrogens is 180 g/mol. The third-order valence-electron chi connectivity index (χ3n) is 2.40. The van der Waals surface area contributed by atoms with Crippen LogP contribution in [0.2, 0.25) is 0 Å². The molecule has 1 aliphatic rings. The third kappa shape index (κ3) is 3.54. The Labute approximate surface area is 85.4 Å². The van der Waals surface area contributed by atoms with Gasteiger partial charge >= 0.3 is 6.09 Å². The second kappa shape index (κ2) is 5.20. The van der Waals surface area contributed by atoms with Gasteiger partial charge in [0.25, 0.3) is 0 Å². The minimum absolute atomic E-state index is 0.132. The number of ether oxygens (including phenoxy) is 1. The first kappa shape index (κ1) is 11.3. The van der Waals surface area contributed by atoms with Gasteiger partial charge in [-0.25, -0.2) is 4.79 Å². The highest BCUT2D eigenvalue weighted by molar-refractivity contribution is 5.68. The predicted molar refractivity (Wildman–Crippen MR) is 55.0 cm³/mol. The summed E-state index contributed by atoms with van der Waals surface area (Å²) in [5, 5.41) is 0. The van der Waals surface area contributed by atoms with Crippen molar-refractivity contribution >= 4 is 6.09 Å². The normalized spacial score (nSPS) is 21.7. The van der Waals surface area contributed by atoms with E-state index in [4.69, 9.17) is 10.5 Å². The Morgan fingerprint density at radius 1 is 1.64 bits per heavy atom. The molecule has 0 aromatic heterocycles. The van der Waals surface area contributed by atoms with Gasteiger partial charge in [0.15, 0.2) is 0 Å². The largest absolute Gasteiger partial charge is 0.449 e. The smallest absolute Gasteiger partial charge is 0.409 e. The van der Waals surface area contributed by atoms with Crippen LogP contribution in [0.1, 0.15) is 26.7 Å². The zero-order valence-corrected chi connectivity index (χ0v) is 9.03. The summed E-state index contributed by atoms with van der Waals surface area (Å²) in [4.78, 5) is 13.1. The van der Waals surface area contributed by atoms with Crippen LogP contribution in [0, 0.1) is 5.92 Å². The molecule has 1 unspecified atom stereocenters. The molecule has 82 valence electrons. The SMILES string of the molecule is CC(C)CCOC(=O)N1CCC(N)C1. The number of nitrogens with zero attached hydrogens (tertiary/aromatic N) is 1. The minimum Gasteiger partial charge on any atom is -0.449 e. The minimum atomic E-state index is -0.210. The maximum Gasteiger partial charge on any atom is 0.409 e. The van der Waals surface area contributed by atoms with Crippen LogP contribution in [0.25, 0.3) is 0 Å². The summed E-state index contributed by atoms with van der Waals surface area (Å²) in [7, 11) is 0. The van der Waals surface area contributed by atoms with Crippen LogP contribution in [0.15, 0.2) is 0 Å². The molecule has 4 nitrogen and oxygen atoms in total. The number of amides is 1. The first-order chi connectivity index (χ1) is 6.59. The van der Waals surface area contributed by atoms with Crippen molar-refractivity contribution < 1.29 is 9.53 Å². The molecule has 1 fully saturated rings. The Bertz CT molecular complexity index is 195. The zero-order valence-electron chi connectivity index (χ0n) is 9.03. The van der Waals surface area contributed by atoms with E-state index in [1.165, 1.54) is 0 Å². The molecule has 2 N–H and O–H groups in total. The second-order valence-corrected chi connectivity index (χ2v) is 4.29. The van der Waals surface area contributed by atoms with Crippen LogP contribution < -0.4 is 5.73 Å². The van der Waals surface area contributed by atoms with Crippen molar-refractivity contribution in [1.82, 2.24) is 4.90 Å². The molecule has 0 saturated carbocycles. The van der Waals surface area contributed by atoms with Crippen LogP contribution in [-0.2, 0) is 4.74 Å². The lowest BCUT2D eigenvalue weighted by molar-refractivity contribution is 0.106. The summed E-state index contributed by atoms with van der Waals surface area (Å²) >= 11 is 0. The van der Waals surface area contributed by atoms with E-state index in [1.807, 2.05) is 0 Å². The van der Waals surface area contributed by atoms with Gasteiger partial charge in [-0.3, -0.25) is 0 Å². The van der Waals surface area contributed by atoms with E-state index in [2.05, 4.69) is 13.8 Å². The monoisotopic (exact) mass is 200 g/mol. The van der Waals surface area contributed by atoms with Gasteiger partial charge in [-0.1, -0.05) is 13.8 Å². The number of carbonyl (C=O) groups excluding carboxylic acids is 1. The molecule has 1 atom stereocenters. The molecule has 4 heteroatoms. The highest BCUT2D eigenvalue weighted by Crippen LogP contribution is 2.09. The van der Waals surface area contributed by atoms with E-state index in [0.717, 1.165) is 19.4 Å². The number of carbonyl (C=O) groups is 1. The predicted octanol–water partition coefficient (Wildman–Crippen LogP) is 1.20. The van der Waals surface area contributed by atoms with Crippen molar-refractivity contribution in [1.29, 1.82) is 0 Å². The van der Waals surface area contributed by atoms with Gasteiger partial charge in [0, 0.05) is 19.1 Å². The molecule has 0 bridgehead atoms. The van der Waals surface area contributed by atoms with Gasteiger partial charge in [-0.15, -0.1) is 0 Å². The highest BCUT2D eigenvalue weighted by atomic mass is 16.6. The molecular formula is C10H20N2O2. The number of hydrogen-bond donors (Lipinski definition) is 1. The number of rotatable bonds is 3. The summed E-state index contributed by atoms with van der Waals surface area (Å²) in [6.07, 6.45) is 1.60. The van der Waals surface area contributed by atoms with E-state index < -0.39 is 0 Å². The molecule has 14 heavy (non-hydrogen) atoms. The van der Waals surface area contributed by atoms with Crippen molar-refractivity contribution in [3.05, 3.63) is 0 Å². The van der Waals surface area contributed by atoms with E-state index >= 15 is 0 Å². The Hall–Kier alpha value is -0.770. The van der Waals surface area contributed by atoms with Gasteiger partial charge in [0.1, 0.15) is 0 Å². The van der Waals surface area contributed by atoms with E-state index in [9.17, 15) is 4.79 Å². The standard InChI is InChI=1S/C10H20N2O2/c1-8(2)4-6-14-10(13)12-5-3-9(11)7-12/h8-9H,3-7,11H2,1-2H3. The van der Waals surface area contributed by atoms with Crippen LogP contribution in [0.5, 0.6) is 0 Å². The lowest BCUT2D eigenvalue weighted by Crippen LogP contribution is -2.32. The summed E-state index contributed by atoms with van der Waals surface area (Å²) < 4.78 is 5.12. The summed E-state index contributed by atoms with van der Waals surface area (Å²) in [6.45, 7) is 6.11. The lowest BCUT2D eigenvalue weighted by atomic mass is 10.1. The van der Waals surface area contributed by atoms with Gasteiger partial charge in [-0.05, 0) is 18.8 Å². The van der Waals surface area contributed by atoms with Gasteiger partial charge in [0.05, 0.1) is 6.61 Å². The first-order valence-electron chi connectivity index (χ1n) is 5.27. The van der Waals surface area contributed by atoms with Gasteiger partial charge in [0.2, 0.25) is 0 Å². The molecule has 0 spiro atoms. The molecule has 1 heterocycles. The number of likely N-dealkylation sites (tertiary alicyclic amines) is 1. The third-order valence-corrected chi connectivity index (χ3v) is 2.40. The Balaban J connectivity index is 2.15. The summed E-state index contributed by atoms with van der Waals surface area (Å²) in [5.41, 5.74) is 5.69. The Morgan fingerprint density at radius 2 is 2.36 bits per heavy atom. The average molecular weight is 200 g/mol. The molecule has 0 radical (unpaired) electrons. The number of nitrogens with two attached hydrogens (primary N) is 1. The van der Waals surface area contributed by atoms with Crippen LogP contribution in [-0.4, -0.2) is 36.7 Å². The van der Waals surface area contributed by atoms with Crippen molar-refractivity contribution in [2.45, 2.75) is 32.7 Å². The van der Waals surface area contributed by atoms with Gasteiger partial charge in [-0.2, -0.15) is 0 Å². The lowest BCUT2D eigenvalue weighted by Gasteiger charge is -2.15. The first-order valence-corrected chi connectivity index (χ1v) is 5.27. The van der Waals surface area contributed by atoms with E-state index in [0.29, 0.717) is 19.1 Å². The fourth-order valence-corrected chi connectivity index (χ4v) is 1.43. The van der Waals surface area contributed by atoms with Crippen molar-refractivity contribution in [3.63, 3.8) is 0 Å². The van der Waals surface area contributed by atoms with Crippen LogP contribution >= 0.6 is 0 Å². The molecule has 1 amide bonds. The molecule has 1 saturated heterocycles. The fraction of sp³-hybridized carbons (Fsp3) is 0.900. The molecule has 0 aliphatic carbocycles. The van der Waals surface area contributed by atoms with E-state index in [1.54, 1.807) is 4.90 Å². The maximum atomic E-state index is 11.4. The highest BCUT2D eigenvalue weighted by Gasteiger charge is 2.24. The summed E-state index contributed by atoms with van der Waals surface area (Å²) in [6, 6.07) is 0.132. The maximum absolute atomic E-state index is 11.4. The van der Waals surface area contributed by atoms with Crippen molar-refractivity contribution in [2.75, 3.05) is 19.7 Å². The van der Waals surface area contributed by atoms with Crippen molar-refractivity contribution in [3.8, 4) is 0 Å². The van der Waals surface area contributed by atoms with Crippen LogP contribution in [0.4, 0.5) is 4.79 Å².